The number of amides is 1. The van der Waals surface area contributed by atoms with E-state index in [1.807, 2.05) is 6.92 Å². The zero-order valence-electron chi connectivity index (χ0n) is 11.3. The van der Waals surface area contributed by atoms with Gasteiger partial charge in [0.25, 0.3) is 5.91 Å². The van der Waals surface area contributed by atoms with E-state index in [2.05, 4.69) is 5.32 Å². The maximum atomic E-state index is 13.8. The maximum Gasteiger partial charge on any atom is 0.419 e. The van der Waals surface area contributed by atoms with E-state index in [1.165, 1.54) is 0 Å². The number of carbonyl (C=O) groups excluding carboxylic acids is 1. The van der Waals surface area contributed by atoms with Gasteiger partial charge in [0, 0.05) is 19.1 Å². The van der Waals surface area contributed by atoms with E-state index in [1.54, 1.807) is 0 Å². The molecule has 1 aromatic rings. The van der Waals surface area contributed by atoms with E-state index in [0.717, 1.165) is 18.6 Å². The quantitative estimate of drug-likeness (QED) is 0.872. The highest BCUT2D eigenvalue weighted by Crippen LogP contribution is 2.32. The summed E-state index contributed by atoms with van der Waals surface area (Å²) in [5.41, 5.74) is -2.04. The van der Waals surface area contributed by atoms with E-state index >= 15 is 0 Å². The van der Waals surface area contributed by atoms with Crippen LogP contribution in [0.5, 0.6) is 0 Å². The number of ether oxygens (including phenoxy) is 1. The summed E-state index contributed by atoms with van der Waals surface area (Å²) in [5.74, 6) is -2.31. The highest BCUT2D eigenvalue weighted by molar-refractivity contribution is 5.94. The molecule has 1 N–H and O–H groups in total. The third-order valence-corrected chi connectivity index (χ3v) is 3.61. The highest BCUT2D eigenvalue weighted by atomic mass is 19.4. The Morgan fingerprint density at radius 3 is 2.71 bits per heavy atom. The fourth-order valence-corrected chi connectivity index (χ4v) is 2.29. The monoisotopic (exact) mass is 305 g/mol. The fraction of sp³-hybridized carbons (Fsp3) is 0.500. The van der Waals surface area contributed by atoms with E-state index < -0.39 is 29.0 Å². The van der Waals surface area contributed by atoms with Gasteiger partial charge in [0.15, 0.2) is 0 Å². The fourth-order valence-electron chi connectivity index (χ4n) is 2.29. The Labute approximate surface area is 119 Å². The number of benzene rings is 1. The lowest BCUT2D eigenvalue weighted by Gasteiger charge is -2.15. The minimum atomic E-state index is -4.83. The van der Waals surface area contributed by atoms with E-state index in [4.69, 9.17) is 4.74 Å². The van der Waals surface area contributed by atoms with Crippen LogP contribution in [0.2, 0.25) is 0 Å². The van der Waals surface area contributed by atoms with Crippen LogP contribution in [0.4, 0.5) is 17.6 Å². The number of hydrogen-bond donors (Lipinski definition) is 1. The van der Waals surface area contributed by atoms with Gasteiger partial charge in [-0.25, -0.2) is 4.39 Å². The largest absolute Gasteiger partial charge is 0.419 e. The van der Waals surface area contributed by atoms with E-state index in [0.29, 0.717) is 12.7 Å². The van der Waals surface area contributed by atoms with E-state index in [9.17, 15) is 22.4 Å². The average Bonchev–Trinajstić information content (AvgIpc) is 2.80. The van der Waals surface area contributed by atoms with Gasteiger partial charge in [-0.05, 0) is 25.5 Å². The summed E-state index contributed by atoms with van der Waals surface area (Å²) in [6.07, 6.45) is -4.10. The third-order valence-electron chi connectivity index (χ3n) is 3.61. The van der Waals surface area contributed by atoms with Crippen molar-refractivity contribution in [3.05, 3.63) is 35.1 Å². The van der Waals surface area contributed by atoms with Gasteiger partial charge < -0.3 is 10.1 Å². The highest BCUT2D eigenvalue weighted by Gasteiger charge is 2.35. The average molecular weight is 305 g/mol. The van der Waals surface area contributed by atoms with Gasteiger partial charge in [-0.2, -0.15) is 13.2 Å². The molecule has 1 heterocycles. The molecule has 1 aromatic carbocycles. The molecule has 2 rings (SSSR count). The molecular formula is C14H15F4NO2. The normalized spacial score (nSPS) is 22.3. The van der Waals surface area contributed by atoms with Crippen LogP contribution in [0.25, 0.3) is 0 Å². The first-order chi connectivity index (χ1) is 9.80. The first kappa shape index (κ1) is 15.8. The molecular weight excluding hydrogens is 290 g/mol. The standard InChI is InChI=1S/C14H15F4NO2/c1-8-9(5-6-21-8)7-19-13(20)10-3-2-4-11(12(10)15)14(16,17)18/h2-4,8-9H,5-7H2,1H3,(H,19,20). The molecule has 1 fully saturated rings. The summed E-state index contributed by atoms with van der Waals surface area (Å²) in [6.45, 7) is 2.68. The Hall–Kier alpha value is -1.63. The second-order valence-corrected chi connectivity index (χ2v) is 5.00. The molecule has 0 saturated carbocycles. The lowest BCUT2D eigenvalue weighted by atomic mass is 10.0. The molecule has 116 valence electrons. The Morgan fingerprint density at radius 1 is 1.43 bits per heavy atom. The molecule has 0 aromatic heterocycles. The molecule has 1 amide bonds. The Bertz CT molecular complexity index is 530. The molecule has 1 aliphatic rings. The second-order valence-electron chi connectivity index (χ2n) is 5.00. The minimum Gasteiger partial charge on any atom is -0.378 e. The maximum absolute atomic E-state index is 13.8. The van der Waals surface area contributed by atoms with Crippen molar-refractivity contribution in [2.75, 3.05) is 13.2 Å². The lowest BCUT2D eigenvalue weighted by Crippen LogP contribution is -2.32. The molecule has 21 heavy (non-hydrogen) atoms. The van der Waals surface area contributed by atoms with Crippen LogP contribution in [-0.4, -0.2) is 25.2 Å². The van der Waals surface area contributed by atoms with Crippen LogP contribution in [-0.2, 0) is 10.9 Å². The number of hydrogen-bond acceptors (Lipinski definition) is 2. The zero-order chi connectivity index (χ0) is 15.6. The molecule has 0 radical (unpaired) electrons. The molecule has 2 atom stereocenters. The molecule has 0 spiro atoms. The summed E-state index contributed by atoms with van der Waals surface area (Å²) in [4.78, 5) is 11.8. The molecule has 1 saturated heterocycles. The molecule has 0 bridgehead atoms. The predicted molar refractivity (Wildman–Crippen MR) is 67.3 cm³/mol. The topological polar surface area (TPSA) is 38.3 Å². The second kappa shape index (κ2) is 6.01. The van der Waals surface area contributed by atoms with E-state index in [-0.39, 0.29) is 18.6 Å². The molecule has 0 aliphatic carbocycles. The van der Waals surface area contributed by atoms with Crippen LogP contribution in [0.1, 0.15) is 29.3 Å². The molecule has 7 heteroatoms. The number of carbonyl (C=O) groups is 1. The van der Waals surface area contributed by atoms with Crippen LogP contribution in [0, 0.1) is 11.7 Å². The number of halogens is 4. The first-order valence-electron chi connectivity index (χ1n) is 6.56. The van der Waals surface area contributed by atoms with Gasteiger partial charge in [-0.1, -0.05) is 6.07 Å². The van der Waals surface area contributed by atoms with Crippen molar-refractivity contribution in [3.63, 3.8) is 0 Å². The minimum absolute atomic E-state index is 0.0309. The summed E-state index contributed by atoms with van der Waals surface area (Å²) >= 11 is 0. The van der Waals surface area contributed by atoms with Crippen molar-refractivity contribution in [3.8, 4) is 0 Å². The Kier molecular flexibility index (Phi) is 4.51. The van der Waals surface area contributed by atoms with Gasteiger partial charge in [-0.3, -0.25) is 4.79 Å². The predicted octanol–water partition coefficient (Wildman–Crippen LogP) is 3.00. The van der Waals surface area contributed by atoms with Crippen LogP contribution >= 0.6 is 0 Å². The lowest BCUT2D eigenvalue weighted by molar-refractivity contribution is -0.140. The van der Waals surface area contributed by atoms with Crippen LogP contribution < -0.4 is 5.32 Å². The van der Waals surface area contributed by atoms with Crippen molar-refractivity contribution in [2.24, 2.45) is 5.92 Å². The Morgan fingerprint density at radius 2 is 2.14 bits per heavy atom. The van der Waals surface area contributed by atoms with Crippen molar-refractivity contribution in [2.45, 2.75) is 25.6 Å². The first-order valence-corrected chi connectivity index (χ1v) is 6.56. The van der Waals surface area contributed by atoms with Crippen LogP contribution in [0.3, 0.4) is 0 Å². The third kappa shape index (κ3) is 3.53. The number of alkyl halides is 3. The van der Waals surface area contributed by atoms with Crippen molar-refractivity contribution >= 4 is 5.91 Å². The molecule has 2 unspecified atom stereocenters. The summed E-state index contributed by atoms with van der Waals surface area (Å²) < 4.78 is 56.9. The molecule has 3 nitrogen and oxygen atoms in total. The van der Waals surface area contributed by atoms with Crippen molar-refractivity contribution in [1.29, 1.82) is 0 Å². The number of rotatable bonds is 3. The summed E-state index contributed by atoms with van der Waals surface area (Å²) in [5, 5.41) is 2.46. The van der Waals surface area contributed by atoms with Gasteiger partial charge in [0.1, 0.15) is 5.82 Å². The summed E-state index contributed by atoms with van der Waals surface area (Å²) in [6, 6.07) is 2.66. The Balaban J connectivity index is 2.09. The zero-order valence-corrected chi connectivity index (χ0v) is 11.3. The molecule has 1 aliphatic heterocycles. The van der Waals surface area contributed by atoms with Gasteiger partial charge >= 0.3 is 6.18 Å². The number of nitrogens with one attached hydrogen (secondary N) is 1. The SMILES string of the molecule is CC1OCCC1CNC(=O)c1cccc(C(F)(F)F)c1F. The van der Waals surface area contributed by atoms with Gasteiger partial charge in [0.2, 0.25) is 0 Å². The van der Waals surface area contributed by atoms with Gasteiger partial charge in [-0.15, -0.1) is 0 Å². The van der Waals surface area contributed by atoms with Crippen molar-refractivity contribution in [1.82, 2.24) is 5.32 Å². The van der Waals surface area contributed by atoms with Gasteiger partial charge in [0.05, 0.1) is 17.2 Å². The smallest absolute Gasteiger partial charge is 0.378 e. The van der Waals surface area contributed by atoms with Crippen molar-refractivity contribution < 1.29 is 27.1 Å². The summed E-state index contributed by atoms with van der Waals surface area (Å²) in [7, 11) is 0. The van der Waals surface area contributed by atoms with Crippen LogP contribution in [0.15, 0.2) is 18.2 Å².